The average Bonchev–Trinajstić information content (AvgIpc) is 2.58. The van der Waals surface area contributed by atoms with Gasteiger partial charge in [0.2, 0.25) is 0 Å². The van der Waals surface area contributed by atoms with Crippen molar-refractivity contribution in [3.8, 4) is 0 Å². The fourth-order valence-electron chi connectivity index (χ4n) is 2.08. The molecule has 0 saturated heterocycles. The van der Waals surface area contributed by atoms with Gasteiger partial charge in [-0.25, -0.2) is 0 Å². The summed E-state index contributed by atoms with van der Waals surface area (Å²) in [4.78, 5) is 25.4. The number of benzene rings is 3. The highest BCUT2D eigenvalue weighted by atomic mass is 35.6. The van der Waals surface area contributed by atoms with E-state index in [0.717, 1.165) is 0 Å². The largest absolute Gasteiger partial charge is 0.854 e. The zero-order valence-electron chi connectivity index (χ0n) is 12.2. The van der Waals surface area contributed by atoms with Crippen LogP contribution in [-0.4, -0.2) is 0 Å². The predicted octanol–water partition coefficient (Wildman–Crippen LogP) is 1.98. The molecule has 0 saturated carbocycles. The first-order valence-corrected chi connectivity index (χ1v) is 9.21. The second kappa shape index (κ2) is 9.41. The van der Waals surface area contributed by atoms with Crippen molar-refractivity contribution in [1.29, 1.82) is 0 Å². The first kappa shape index (κ1) is 17.6. The second-order valence-corrected chi connectivity index (χ2v) is 6.94. The molecule has 0 bridgehead atoms. The number of hydrogen-bond acceptors (Lipinski definition) is 3. The maximum absolute atomic E-state index is 8.48. The molecule has 0 amide bonds. The molecule has 118 valence electrons. The van der Waals surface area contributed by atoms with Crippen molar-refractivity contribution in [2.45, 2.75) is 0 Å². The van der Waals surface area contributed by atoms with E-state index in [1.807, 2.05) is 0 Å². The fraction of sp³-hybridized carbons (Fsp3) is 0. The molecule has 0 aliphatic carbocycles. The Kier molecular flexibility index (Phi) is 7.21. The Morgan fingerprint density at radius 2 is 0.696 bits per heavy atom. The van der Waals surface area contributed by atoms with E-state index >= 15 is 0 Å². The quantitative estimate of drug-likeness (QED) is 0.681. The van der Waals surface area contributed by atoms with E-state index in [1.54, 1.807) is 0 Å². The van der Waals surface area contributed by atoms with E-state index in [0.29, 0.717) is 0 Å². The number of rotatable bonds is 3. The molecule has 3 aromatic carbocycles. The first-order valence-electron chi connectivity index (χ1n) is 6.89. The summed E-state index contributed by atoms with van der Waals surface area (Å²) >= 11 is 0. The standard InChI is InChI=1S/C18H15Cl.O3P/c1-4-10-16(11-5-1)19(17-12-6-2-7-13-17)18-14-8-3-9-15-18;1-4(2)3/h1-15H;/q+3;-3. The zero-order valence-corrected chi connectivity index (χ0v) is 14.0. The highest BCUT2D eigenvalue weighted by Gasteiger charge is 2.29. The Hall–Kier alpha value is -1.74. The van der Waals surface area contributed by atoms with Gasteiger partial charge in [-0.3, -0.25) is 9.99 Å². The van der Waals surface area contributed by atoms with Crippen LogP contribution in [0.1, 0.15) is 0 Å². The third kappa shape index (κ3) is 5.76. The van der Waals surface area contributed by atoms with Crippen molar-refractivity contribution in [3.05, 3.63) is 106 Å². The van der Waals surface area contributed by atoms with Crippen molar-refractivity contribution in [3.63, 3.8) is 0 Å². The van der Waals surface area contributed by atoms with Crippen LogP contribution in [0.4, 0.5) is 0 Å². The summed E-state index contributed by atoms with van der Waals surface area (Å²) in [5.41, 5.74) is 0. The van der Waals surface area contributed by atoms with E-state index < -0.39 is 8.60 Å². The monoisotopic (exact) mass is 346 g/mol. The van der Waals surface area contributed by atoms with Crippen molar-refractivity contribution >= 4 is 8.60 Å². The molecule has 0 radical (unpaired) electrons. The van der Waals surface area contributed by atoms with Gasteiger partial charge in [0.15, 0.2) is 0 Å². The summed E-state index contributed by atoms with van der Waals surface area (Å²) in [6, 6.07) is 32.2. The zero-order chi connectivity index (χ0) is 16.5. The molecular formula is C18H16ClO3P. The molecule has 3 rings (SSSR count). The molecule has 0 aromatic heterocycles. The van der Waals surface area contributed by atoms with Crippen molar-refractivity contribution in [2.75, 3.05) is 0 Å². The van der Waals surface area contributed by atoms with Crippen molar-refractivity contribution in [2.24, 2.45) is 0 Å². The molecule has 0 spiro atoms. The van der Waals surface area contributed by atoms with Gasteiger partial charge < -0.3 is 23.3 Å². The van der Waals surface area contributed by atoms with E-state index in [1.165, 1.54) is 15.1 Å². The molecule has 0 unspecified atom stereocenters. The summed E-state index contributed by atoms with van der Waals surface area (Å²) in [5, 5.41) is 4.08. The minimum absolute atomic E-state index is 0.0146. The van der Waals surface area contributed by atoms with Gasteiger partial charge >= 0.3 is 15.1 Å². The van der Waals surface area contributed by atoms with Gasteiger partial charge in [-0.15, -0.1) is 0 Å². The lowest BCUT2D eigenvalue weighted by molar-refractivity contribution is -0.753. The van der Waals surface area contributed by atoms with Crippen LogP contribution in [0, 0.1) is 9.99 Å². The van der Waals surface area contributed by atoms with Gasteiger partial charge in [-0.1, -0.05) is 18.2 Å². The third-order valence-corrected chi connectivity index (χ3v) is 5.17. The molecule has 0 heterocycles. The predicted molar refractivity (Wildman–Crippen MR) is 85.1 cm³/mol. The van der Waals surface area contributed by atoms with Gasteiger partial charge in [0.1, 0.15) is 36.4 Å². The molecule has 23 heavy (non-hydrogen) atoms. The van der Waals surface area contributed by atoms with Crippen molar-refractivity contribution < 1.29 is 24.7 Å². The van der Waals surface area contributed by atoms with Crippen LogP contribution in [0.3, 0.4) is 0 Å². The molecule has 3 nitrogen and oxygen atoms in total. The maximum atomic E-state index is 8.48. The minimum atomic E-state index is -3.37. The number of halogens is 1. The van der Waals surface area contributed by atoms with Gasteiger partial charge in [0.05, 0.1) is 0 Å². The average molecular weight is 347 g/mol. The van der Waals surface area contributed by atoms with Gasteiger partial charge in [0.25, 0.3) is 0 Å². The lowest BCUT2D eigenvalue weighted by Gasteiger charge is -2.39. The van der Waals surface area contributed by atoms with Crippen LogP contribution in [0.25, 0.3) is 0 Å². The summed E-state index contributed by atoms with van der Waals surface area (Å²) in [6.07, 6.45) is 0. The smallest absolute Gasteiger partial charge is 0.373 e. The van der Waals surface area contributed by atoms with Crippen LogP contribution >= 0.6 is 8.60 Å². The van der Waals surface area contributed by atoms with Gasteiger partial charge in [-0.05, 0) is 36.4 Å². The molecule has 0 aliphatic heterocycles. The van der Waals surface area contributed by atoms with Crippen LogP contribution in [0.15, 0.2) is 91.0 Å². The highest BCUT2D eigenvalue weighted by molar-refractivity contribution is 7.33. The molecule has 3 aromatic rings. The van der Waals surface area contributed by atoms with Gasteiger partial charge in [-0.2, -0.15) is 0 Å². The lowest BCUT2D eigenvalue weighted by Crippen LogP contribution is -2.18. The fourth-order valence-corrected chi connectivity index (χ4v) is 4.18. The Morgan fingerprint density at radius 3 is 0.913 bits per heavy atom. The van der Waals surface area contributed by atoms with E-state index in [-0.39, 0.29) is 9.99 Å². The van der Waals surface area contributed by atoms with Crippen LogP contribution in [0.5, 0.6) is 0 Å². The normalized spacial score (nSPS) is 10.3. The topological polar surface area (TPSA) is 69.2 Å². The van der Waals surface area contributed by atoms with Crippen LogP contribution in [0.2, 0.25) is 15.1 Å². The minimum Gasteiger partial charge on any atom is -0.854 e. The molecule has 0 atom stereocenters. The first-order chi connectivity index (χ1) is 11.2. The Bertz CT molecular complexity index is 582. The second-order valence-electron chi connectivity index (χ2n) is 4.47. The molecule has 5 heteroatoms. The maximum Gasteiger partial charge on any atom is 0.373 e. The number of hydrogen-bond donors (Lipinski definition) is 0. The molecule has 0 N–H and O–H groups in total. The van der Waals surface area contributed by atoms with E-state index in [9.17, 15) is 0 Å². The summed E-state index contributed by atoms with van der Waals surface area (Å²) in [7, 11) is -3.38. The molecule has 0 aliphatic rings. The van der Waals surface area contributed by atoms with Crippen LogP contribution in [-0.2, 0) is 0 Å². The third-order valence-electron chi connectivity index (χ3n) is 2.94. The Labute approximate surface area is 139 Å². The molecule has 0 fully saturated rings. The summed E-state index contributed by atoms with van der Waals surface area (Å²) in [6.45, 7) is 0. The van der Waals surface area contributed by atoms with Crippen molar-refractivity contribution in [1.82, 2.24) is 0 Å². The Balaban J connectivity index is 0.000000433. The highest BCUT2D eigenvalue weighted by Crippen LogP contribution is 2.32. The van der Waals surface area contributed by atoms with E-state index in [4.69, 9.17) is 14.7 Å². The summed E-state index contributed by atoms with van der Waals surface area (Å²) in [5.74, 6) is 0. The Morgan fingerprint density at radius 1 is 0.478 bits per heavy atom. The van der Waals surface area contributed by atoms with E-state index in [2.05, 4.69) is 91.0 Å². The van der Waals surface area contributed by atoms with Gasteiger partial charge in [0, 0.05) is 0 Å². The summed E-state index contributed by atoms with van der Waals surface area (Å²) < 4.78 is 0. The SMILES string of the molecule is [O-]P([O-])[O-].c1ccc([ClH+3](c2ccccc2)c2ccccc2)cc1. The molecular weight excluding hydrogens is 331 g/mol. The van der Waals surface area contributed by atoms with Crippen LogP contribution < -0.4 is 14.7 Å². The lowest BCUT2D eigenvalue weighted by atomic mass is 10.4.